The van der Waals surface area contributed by atoms with Crippen LogP contribution >= 0.6 is 0 Å². The van der Waals surface area contributed by atoms with Crippen LogP contribution in [0.1, 0.15) is 17.3 Å². The van der Waals surface area contributed by atoms with Crippen LogP contribution in [0.4, 0.5) is 0 Å². The van der Waals surface area contributed by atoms with E-state index >= 15 is 0 Å². The molecule has 0 aromatic heterocycles. The Morgan fingerprint density at radius 2 is 1.78 bits per heavy atom. The Balaban J connectivity index is 2.29. The largest absolute Gasteiger partial charge is 0.294 e. The van der Waals surface area contributed by atoms with Crippen LogP contribution in [0.25, 0.3) is 0 Å². The first-order chi connectivity index (χ1) is 8.61. The van der Waals surface area contributed by atoms with Crippen LogP contribution in [0.5, 0.6) is 0 Å². The van der Waals surface area contributed by atoms with E-state index in [1.165, 1.54) is 19.1 Å². The number of allylic oxidation sites excluding steroid dienone is 4. The van der Waals surface area contributed by atoms with Gasteiger partial charge in [0.1, 0.15) is 5.92 Å². The summed E-state index contributed by atoms with van der Waals surface area (Å²) in [4.78, 5) is 35.5. The molecule has 90 valence electrons. The van der Waals surface area contributed by atoms with Crippen molar-refractivity contribution >= 4 is 17.3 Å². The maximum atomic E-state index is 12.2. The standard InChI is InChI=1S/C15H12O3/c1-10(16)12-8-5-9-13(15(12)18)14(17)11-6-3-2-4-7-11/h2-9,13H,1H3. The van der Waals surface area contributed by atoms with Gasteiger partial charge in [0.15, 0.2) is 17.3 Å². The Morgan fingerprint density at radius 3 is 2.39 bits per heavy atom. The van der Waals surface area contributed by atoms with Gasteiger partial charge in [-0.2, -0.15) is 0 Å². The van der Waals surface area contributed by atoms with Gasteiger partial charge < -0.3 is 0 Å². The number of Topliss-reactive ketones (excluding diaryl/α,β-unsaturated/α-hetero) is 3. The van der Waals surface area contributed by atoms with E-state index in [0.717, 1.165) is 0 Å². The second-order valence-electron chi connectivity index (χ2n) is 4.09. The molecular formula is C15H12O3. The van der Waals surface area contributed by atoms with Crippen LogP contribution in [0.2, 0.25) is 0 Å². The summed E-state index contributed by atoms with van der Waals surface area (Å²) in [6.07, 6.45) is 4.58. The van der Waals surface area contributed by atoms with Crippen LogP contribution in [0.3, 0.4) is 0 Å². The highest BCUT2D eigenvalue weighted by Crippen LogP contribution is 2.20. The van der Waals surface area contributed by atoms with Crippen LogP contribution in [0, 0.1) is 5.92 Å². The maximum Gasteiger partial charge on any atom is 0.181 e. The third kappa shape index (κ3) is 2.20. The van der Waals surface area contributed by atoms with Crippen LogP contribution in [-0.2, 0) is 9.59 Å². The molecule has 0 radical (unpaired) electrons. The molecule has 1 aliphatic rings. The molecule has 18 heavy (non-hydrogen) atoms. The highest BCUT2D eigenvalue weighted by Gasteiger charge is 2.30. The van der Waals surface area contributed by atoms with E-state index in [-0.39, 0.29) is 17.1 Å². The van der Waals surface area contributed by atoms with Crippen molar-refractivity contribution in [2.45, 2.75) is 6.92 Å². The first-order valence-corrected chi connectivity index (χ1v) is 5.64. The molecule has 1 unspecified atom stereocenters. The van der Waals surface area contributed by atoms with Crippen molar-refractivity contribution in [1.82, 2.24) is 0 Å². The molecule has 0 bridgehead atoms. The van der Waals surface area contributed by atoms with Gasteiger partial charge in [-0.25, -0.2) is 0 Å². The van der Waals surface area contributed by atoms with E-state index in [1.807, 2.05) is 0 Å². The molecule has 0 N–H and O–H groups in total. The molecule has 1 aliphatic carbocycles. The lowest BCUT2D eigenvalue weighted by Crippen LogP contribution is -2.27. The number of benzene rings is 1. The van der Waals surface area contributed by atoms with Crippen molar-refractivity contribution < 1.29 is 14.4 Å². The number of rotatable bonds is 3. The van der Waals surface area contributed by atoms with Crippen molar-refractivity contribution in [2.75, 3.05) is 0 Å². The highest BCUT2D eigenvalue weighted by atomic mass is 16.2. The summed E-state index contributed by atoms with van der Waals surface area (Å²) in [5, 5.41) is 0. The van der Waals surface area contributed by atoms with Gasteiger partial charge in [0.05, 0.1) is 5.57 Å². The topological polar surface area (TPSA) is 51.2 Å². The number of ketones is 3. The van der Waals surface area contributed by atoms with Crippen molar-refractivity contribution in [3.63, 3.8) is 0 Å². The van der Waals surface area contributed by atoms with Crippen LogP contribution < -0.4 is 0 Å². The minimum atomic E-state index is -0.878. The minimum Gasteiger partial charge on any atom is -0.294 e. The quantitative estimate of drug-likeness (QED) is 0.462. The number of hydrogen-bond donors (Lipinski definition) is 0. The third-order valence-electron chi connectivity index (χ3n) is 2.83. The molecule has 0 spiro atoms. The molecular weight excluding hydrogens is 228 g/mol. The van der Waals surface area contributed by atoms with E-state index in [2.05, 4.69) is 0 Å². The number of carbonyl (C=O) groups is 3. The Kier molecular flexibility index (Phi) is 3.33. The van der Waals surface area contributed by atoms with Gasteiger partial charge in [-0.05, 0) is 13.0 Å². The predicted octanol–water partition coefficient (Wildman–Crippen LogP) is 2.14. The maximum absolute atomic E-state index is 12.2. The van der Waals surface area contributed by atoms with E-state index in [0.29, 0.717) is 5.56 Å². The van der Waals surface area contributed by atoms with Crippen molar-refractivity contribution in [3.8, 4) is 0 Å². The zero-order valence-corrected chi connectivity index (χ0v) is 9.92. The van der Waals surface area contributed by atoms with Gasteiger partial charge in [0.25, 0.3) is 0 Å². The molecule has 1 aromatic carbocycles. The van der Waals surface area contributed by atoms with Gasteiger partial charge in [0.2, 0.25) is 0 Å². The lowest BCUT2D eigenvalue weighted by Gasteiger charge is -2.14. The average molecular weight is 240 g/mol. The summed E-state index contributed by atoms with van der Waals surface area (Å²) in [5.74, 6) is -1.88. The summed E-state index contributed by atoms with van der Waals surface area (Å²) in [6.45, 7) is 1.33. The molecule has 0 aliphatic heterocycles. The van der Waals surface area contributed by atoms with Gasteiger partial charge in [-0.1, -0.05) is 42.5 Å². The minimum absolute atomic E-state index is 0.0896. The first-order valence-electron chi connectivity index (χ1n) is 5.64. The summed E-state index contributed by atoms with van der Waals surface area (Å²) >= 11 is 0. The summed E-state index contributed by atoms with van der Waals surface area (Å²) in [6, 6.07) is 8.61. The molecule has 3 heteroatoms. The fourth-order valence-corrected chi connectivity index (χ4v) is 1.88. The fourth-order valence-electron chi connectivity index (χ4n) is 1.88. The lowest BCUT2D eigenvalue weighted by molar-refractivity contribution is -0.121. The molecule has 0 fully saturated rings. The summed E-state index contributed by atoms with van der Waals surface area (Å²) in [5.41, 5.74) is 0.567. The third-order valence-corrected chi connectivity index (χ3v) is 2.83. The molecule has 1 atom stereocenters. The second kappa shape index (κ2) is 4.92. The van der Waals surface area contributed by atoms with Gasteiger partial charge in [-0.3, -0.25) is 14.4 Å². The monoisotopic (exact) mass is 240 g/mol. The van der Waals surface area contributed by atoms with Gasteiger partial charge in [-0.15, -0.1) is 0 Å². The smallest absolute Gasteiger partial charge is 0.181 e. The second-order valence-corrected chi connectivity index (χ2v) is 4.09. The zero-order valence-electron chi connectivity index (χ0n) is 9.92. The van der Waals surface area contributed by atoms with Gasteiger partial charge >= 0.3 is 0 Å². The molecule has 3 nitrogen and oxygen atoms in total. The van der Waals surface area contributed by atoms with Crippen LogP contribution in [-0.4, -0.2) is 17.3 Å². The van der Waals surface area contributed by atoms with Crippen molar-refractivity contribution in [1.29, 1.82) is 0 Å². The highest BCUT2D eigenvalue weighted by molar-refractivity contribution is 6.28. The molecule has 0 saturated carbocycles. The van der Waals surface area contributed by atoms with E-state index in [4.69, 9.17) is 0 Å². The zero-order chi connectivity index (χ0) is 13.1. The van der Waals surface area contributed by atoms with Crippen molar-refractivity contribution in [2.24, 2.45) is 5.92 Å². The van der Waals surface area contributed by atoms with E-state index < -0.39 is 11.7 Å². The summed E-state index contributed by atoms with van der Waals surface area (Å²) < 4.78 is 0. The van der Waals surface area contributed by atoms with E-state index in [1.54, 1.807) is 36.4 Å². The summed E-state index contributed by atoms with van der Waals surface area (Å²) in [7, 11) is 0. The number of hydrogen-bond acceptors (Lipinski definition) is 3. The van der Waals surface area contributed by atoms with Crippen molar-refractivity contribution in [3.05, 3.63) is 59.7 Å². The predicted molar refractivity (Wildman–Crippen MR) is 67.2 cm³/mol. The Bertz CT molecular complexity index is 565. The Morgan fingerprint density at radius 1 is 1.11 bits per heavy atom. The average Bonchev–Trinajstić information content (AvgIpc) is 2.39. The SMILES string of the molecule is CC(=O)C1=CC=CC(C(=O)c2ccccc2)C1=O. The first kappa shape index (κ1) is 12.2. The van der Waals surface area contributed by atoms with Crippen LogP contribution in [0.15, 0.2) is 54.1 Å². The Hall–Kier alpha value is -2.29. The Labute approximate surface area is 105 Å². The molecule has 2 rings (SSSR count). The molecule has 1 aromatic rings. The van der Waals surface area contributed by atoms with Gasteiger partial charge in [0, 0.05) is 5.56 Å². The fraction of sp³-hybridized carbons (Fsp3) is 0.133. The molecule has 0 heterocycles. The lowest BCUT2D eigenvalue weighted by atomic mass is 9.85. The normalized spacial score (nSPS) is 18.4. The number of carbonyl (C=O) groups excluding carboxylic acids is 3. The van der Waals surface area contributed by atoms with E-state index in [9.17, 15) is 14.4 Å². The molecule has 0 saturated heterocycles. The molecule has 0 amide bonds.